The quantitative estimate of drug-likeness (QED) is 0.273. The molecule has 2 aromatic rings. The van der Waals surface area contributed by atoms with Gasteiger partial charge in [-0.1, -0.05) is 57.0 Å². The Bertz CT molecular complexity index is 653. The Labute approximate surface area is 169 Å². The van der Waals surface area contributed by atoms with Crippen molar-refractivity contribution in [3.05, 3.63) is 59.7 Å². The minimum Gasteiger partial charge on any atom is -0.418 e. The van der Waals surface area contributed by atoms with E-state index >= 15 is 0 Å². The minimum absolute atomic E-state index is 0.352. The second-order valence-corrected chi connectivity index (χ2v) is 9.84. The van der Waals surface area contributed by atoms with Crippen molar-refractivity contribution < 1.29 is 19.1 Å². The number of hydrogen-bond donors (Lipinski definition) is 0. The summed E-state index contributed by atoms with van der Waals surface area (Å²) in [7, 11) is 4.90. The van der Waals surface area contributed by atoms with Crippen LogP contribution in [-0.4, -0.2) is 22.1 Å². The maximum atomic E-state index is 11.7. The van der Waals surface area contributed by atoms with Gasteiger partial charge in [-0.25, -0.2) is 9.59 Å². The summed E-state index contributed by atoms with van der Waals surface area (Å²) in [5.41, 5.74) is 2.23. The Hall–Kier alpha value is -1.22. The first-order chi connectivity index (χ1) is 12.5. The van der Waals surface area contributed by atoms with Crippen molar-refractivity contribution in [1.82, 2.24) is 0 Å². The molecule has 8 heteroatoms. The van der Waals surface area contributed by atoms with Crippen LogP contribution in [0.2, 0.25) is 0 Å². The maximum Gasteiger partial charge on any atom is 0.383 e. The second kappa shape index (κ2) is 11.5. The third-order valence-electron chi connectivity index (χ3n) is 2.95. The van der Waals surface area contributed by atoms with Gasteiger partial charge in [-0.2, -0.15) is 0 Å². The smallest absolute Gasteiger partial charge is 0.383 e. The van der Waals surface area contributed by atoms with Gasteiger partial charge >= 0.3 is 10.6 Å². The van der Waals surface area contributed by atoms with Crippen LogP contribution in [0.1, 0.15) is 11.1 Å². The third kappa shape index (κ3) is 8.44. The average molecular weight is 427 g/mol. The largest absolute Gasteiger partial charge is 0.418 e. The van der Waals surface area contributed by atoms with Gasteiger partial charge in [-0.05, 0) is 38.1 Å². The van der Waals surface area contributed by atoms with Crippen LogP contribution >= 0.6 is 43.2 Å². The lowest BCUT2D eigenvalue weighted by molar-refractivity contribution is 0.226. The van der Waals surface area contributed by atoms with Gasteiger partial charge in [-0.3, -0.25) is 0 Å². The molecule has 0 bridgehead atoms. The van der Waals surface area contributed by atoms with E-state index in [1.807, 2.05) is 38.1 Å². The van der Waals surface area contributed by atoms with Crippen LogP contribution in [0.25, 0.3) is 0 Å². The summed E-state index contributed by atoms with van der Waals surface area (Å²) >= 11 is 0. The fourth-order valence-electron chi connectivity index (χ4n) is 1.69. The normalized spacial score (nSPS) is 10.4. The number of carbonyl (C=O) groups is 2. The molecule has 0 fully saturated rings. The first-order valence-corrected chi connectivity index (χ1v) is 12.3. The Morgan fingerprint density at radius 2 is 1.04 bits per heavy atom. The lowest BCUT2D eigenvalue weighted by Crippen LogP contribution is -2.00. The Balaban J connectivity index is 1.53. The van der Waals surface area contributed by atoms with Crippen molar-refractivity contribution in [1.29, 1.82) is 0 Å². The number of aryl methyl sites for hydroxylation is 2. The van der Waals surface area contributed by atoms with Crippen LogP contribution in [-0.2, 0) is 0 Å². The molecular formula is C18H18O4S4. The molecule has 2 rings (SSSR count). The van der Waals surface area contributed by atoms with Crippen molar-refractivity contribution in [3.63, 3.8) is 0 Å². The van der Waals surface area contributed by atoms with Crippen molar-refractivity contribution in [2.45, 2.75) is 13.8 Å². The molecule has 2 aromatic carbocycles. The Morgan fingerprint density at radius 1 is 0.692 bits per heavy atom. The fraction of sp³-hybridized carbons (Fsp3) is 0.222. The van der Waals surface area contributed by atoms with E-state index in [1.54, 1.807) is 24.3 Å². The zero-order valence-corrected chi connectivity index (χ0v) is 17.6. The highest BCUT2D eigenvalue weighted by Crippen LogP contribution is 2.30. The fourth-order valence-corrected chi connectivity index (χ4v) is 5.36. The highest BCUT2D eigenvalue weighted by Gasteiger charge is 2.08. The number of rotatable bonds is 7. The molecule has 0 radical (unpaired) electrons. The van der Waals surface area contributed by atoms with E-state index in [-0.39, 0.29) is 10.6 Å². The van der Waals surface area contributed by atoms with Gasteiger partial charge in [0.1, 0.15) is 11.5 Å². The summed E-state index contributed by atoms with van der Waals surface area (Å²) < 4.78 is 10.4. The first-order valence-electron chi connectivity index (χ1n) is 7.69. The summed E-state index contributed by atoms with van der Waals surface area (Å²) in [6, 6.07) is 14.6. The topological polar surface area (TPSA) is 52.6 Å². The lowest BCUT2D eigenvalue weighted by atomic mass is 10.2. The van der Waals surface area contributed by atoms with Crippen molar-refractivity contribution >= 4 is 53.8 Å². The lowest BCUT2D eigenvalue weighted by Gasteiger charge is -2.04. The van der Waals surface area contributed by atoms with Crippen molar-refractivity contribution in [2.24, 2.45) is 0 Å². The van der Waals surface area contributed by atoms with Crippen LogP contribution in [0.15, 0.2) is 48.5 Å². The predicted molar refractivity (Wildman–Crippen MR) is 115 cm³/mol. The molecule has 0 atom stereocenters. The van der Waals surface area contributed by atoms with Crippen LogP contribution in [0, 0.1) is 13.8 Å². The zero-order valence-electron chi connectivity index (χ0n) is 14.3. The summed E-state index contributed by atoms with van der Waals surface area (Å²) in [4.78, 5) is 23.4. The molecule has 0 saturated heterocycles. The molecule has 26 heavy (non-hydrogen) atoms. The van der Waals surface area contributed by atoms with E-state index < -0.39 is 0 Å². The number of ether oxygens (including phenoxy) is 2. The molecule has 0 amide bonds. The Morgan fingerprint density at radius 3 is 1.38 bits per heavy atom. The van der Waals surface area contributed by atoms with Gasteiger partial charge in [0, 0.05) is 33.1 Å². The monoisotopic (exact) mass is 426 g/mol. The van der Waals surface area contributed by atoms with Crippen LogP contribution in [0.3, 0.4) is 0 Å². The van der Waals surface area contributed by atoms with Gasteiger partial charge in [-0.15, -0.1) is 0 Å². The van der Waals surface area contributed by atoms with Gasteiger partial charge in [0.2, 0.25) is 0 Å². The van der Waals surface area contributed by atoms with Crippen molar-refractivity contribution in [3.8, 4) is 11.5 Å². The summed E-state index contributed by atoms with van der Waals surface area (Å²) in [5.74, 6) is 2.50. The molecule has 4 nitrogen and oxygen atoms in total. The predicted octanol–water partition coefficient (Wildman–Crippen LogP) is 6.76. The van der Waals surface area contributed by atoms with Gasteiger partial charge in [0.05, 0.1) is 0 Å². The number of hydrogen-bond acceptors (Lipinski definition) is 8. The first kappa shape index (κ1) is 21.1. The molecule has 0 N–H and O–H groups in total. The van der Waals surface area contributed by atoms with E-state index in [0.717, 1.165) is 32.7 Å². The molecular weight excluding hydrogens is 408 g/mol. The molecule has 0 unspecified atom stereocenters. The van der Waals surface area contributed by atoms with E-state index in [1.165, 1.54) is 21.6 Å². The molecule has 0 aliphatic carbocycles. The second-order valence-electron chi connectivity index (χ2n) is 5.14. The Kier molecular flexibility index (Phi) is 9.31. The molecule has 0 saturated carbocycles. The van der Waals surface area contributed by atoms with Gasteiger partial charge in [0.15, 0.2) is 0 Å². The number of carbonyl (C=O) groups excluding carboxylic acids is 2. The van der Waals surface area contributed by atoms with Crippen LogP contribution < -0.4 is 9.47 Å². The van der Waals surface area contributed by atoms with Gasteiger partial charge < -0.3 is 9.47 Å². The van der Waals surface area contributed by atoms with Crippen LogP contribution in [0.4, 0.5) is 9.59 Å². The zero-order chi connectivity index (χ0) is 18.8. The standard InChI is InChI=1S/C18H18O4S4/c1-13-3-7-15(8-4-13)21-17(19)25-23-11-12-24-26-18(20)22-16-9-5-14(2)6-10-16/h3-10H,11-12H2,1-2H3. The number of benzene rings is 2. The van der Waals surface area contributed by atoms with E-state index in [9.17, 15) is 9.59 Å². The van der Waals surface area contributed by atoms with E-state index in [0.29, 0.717) is 23.0 Å². The summed E-state index contributed by atoms with van der Waals surface area (Å²) in [6.07, 6.45) is 0. The average Bonchev–Trinajstić information content (AvgIpc) is 2.62. The third-order valence-corrected chi connectivity index (χ3v) is 7.15. The van der Waals surface area contributed by atoms with Gasteiger partial charge in [0.25, 0.3) is 0 Å². The summed E-state index contributed by atoms with van der Waals surface area (Å²) in [5, 5.41) is -0.703. The highest BCUT2D eigenvalue weighted by molar-refractivity contribution is 8.83. The highest BCUT2D eigenvalue weighted by atomic mass is 33.1. The summed E-state index contributed by atoms with van der Waals surface area (Å²) in [6.45, 7) is 3.95. The SMILES string of the molecule is Cc1ccc(OC(=O)SSCCSSC(=O)Oc2ccc(C)cc2)cc1. The molecule has 0 aromatic heterocycles. The maximum absolute atomic E-state index is 11.7. The molecule has 0 spiro atoms. The molecule has 138 valence electrons. The van der Waals surface area contributed by atoms with Crippen LogP contribution in [0.5, 0.6) is 11.5 Å². The van der Waals surface area contributed by atoms with Crippen molar-refractivity contribution in [2.75, 3.05) is 11.5 Å². The molecule has 0 aliphatic rings. The van der Waals surface area contributed by atoms with E-state index in [2.05, 4.69) is 0 Å². The molecule has 0 heterocycles. The molecule has 0 aliphatic heterocycles. The van der Waals surface area contributed by atoms with E-state index in [4.69, 9.17) is 9.47 Å². The minimum atomic E-state index is -0.352.